The molecule has 92 valence electrons. The minimum atomic E-state index is 0.681. The molecule has 0 unspecified atom stereocenters. The van der Waals surface area contributed by atoms with Gasteiger partial charge in [-0.15, -0.1) is 0 Å². The largest absolute Gasteiger partial charge is 0.324 e. The Morgan fingerprint density at radius 2 is 1.58 bits per heavy atom. The van der Waals surface area contributed by atoms with Crippen molar-refractivity contribution in [1.29, 1.82) is 0 Å². The third kappa shape index (κ3) is 2.74. The molecule has 0 aliphatic heterocycles. The molecule has 19 heavy (non-hydrogen) atoms. The van der Waals surface area contributed by atoms with Crippen molar-refractivity contribution in [2.24, 2.45) is 0 Å². The van der Waals surface area contributed by atoms with Gasteiger partial charge in [0.25, 0.3) is 0 Å². The molecule has 0 aliphatic rings. The lowest BCUT2D eigenvalue weighted by Crippen LogP contribution is -1.96. The maximum Gasteiger partial charge on any atom is 0.150 e. The predicted molar refractivity (Wildman–Crippen MR) is 75.0 cm³/mol. The molecule has 3 rings (SSSR count). The van der Waals surface area contributed by atoms with Crippen LogP contribution in [0.15, 0.2) is 67.3 Å². The number of benzene rings is 1. The SMILES string of the molecule is c1ccc(-c2ccnc(Nc3cnccn3)c2)cc1. The lowest BCUT2D eigenvalue weighted by molar-refractivity contribution is 1.18. The molecule has 4 nitrogen and oxygen atoms in total. The normalized spacial score (nSPS) is 10.1. The fourth-order valence-electron chi connectivity index (χ4n) is 1.80. The van der Waals surface area contributed by atoms with E-state index in [0.29, 0.717) is 5.82 Å². The van der Waals surface area contributed by atoms with E-state index >= 15 is 0 Å². The van der Waals surface area contributed by atoms with Crippen LogP contribution >= 0.6 is 0 Å². The van der Waals surface area contributed by atoms with E-state index in [0.717, 1.165) is 16.9 Å². The van der Waals surface area contributed by atoms with Crippen molar-refractivity contribution in [3.63, 3.8) is 0 Å². The molecule has 0 atom stereocenters. The third-order valence-electron chi connectivity index (χ3n) is 2.69. The van der Waals surface area contributed by atoms with Gasteiger partial charge < -0.3 is 5.32 Å². The first-order valence-corrected chi connectivity index (χ1v) is 5.96. The first kappa shape index (κ1) is 11.3. The summed E-state index contributed by atoms with van der Waals surface area (Å²) in [5.41, 5.74) is 2.27. The van der Waals surface area contributed by atoms with Gasteiger partial charge in [0.1, 0.15) is 11.6 Å². The Morgan fingerprint density at radius 1 is 0.737 bits per heavy atom. The number of hydrogen-bond acceptors (Lipinski definition) is 4. The van der Waals surface area contributed by atoms with E-state index in [1.807, 2.05) is 30.3 Å². The van der Waals surface area contributed by atoms with E-state index < -0.39 is 0 Å². The number of nitrogens with one attached hydrogen (secondary N) is 1. The molecule has 0 saturated heterocycles. The second-order valence-corrected chi connectivity index (χ2v) is 4.01. The topological polar surface area (TPSA) is 50.7 Å². The summed E-state index contributed by atoms with van der Waals surface area (Å²) in [6.45, 7) is 0. The van der Waals surface area contributed by atoms with Crippen molar-refractivity contribution in [3.05, 3.63) is 67.3 Å². The highest BCUT2D eigenvalue weighted by atomic mass is 15.1. The molecule has 1 N–H and O–H groups in total. The highest BCUT2D eigenvalue weighted by Gasteiger charge is 2.00. The number of aromatic nitrogens is 3. The highest BCUT2D eigenvalue weighted by molar-refractivity contribution is 5.67. The van der Waals surface area contributed by atoms with Gasteiger partial charge in [0.2, 0.25) is 0 Å². The number of pyridine rings is 1. The van der Waals surface area contributed by atoms with Gasteiger partial charge in [0.15, 0.2) is 0 Å². The predicted octanol–water partition coefficient (Wildman–Crippen LogP) is 3.28. The van der Waals surface area contributed by atoms with E-state index in [1.165, 1.54) is 0 Å². The molecule has 0 amide bonds. The standard InChI is InChI=1S/C15H12N4/c1-2-4-12(5-3-1)13-6-7-17-14(10-13)19-15-11-16-8-9-18-15/h1-11H,(H,17,18,19). The van der Waals surface area contributed by atoms with Crippen molar-refractivity contribution >= 4 is 11.6 Å². The highest BCUT2D eigenvalue weighted by Crippen LogP contribution is 2.21. The van der Waals surface area contributed by atoms with Crippen LogP contribution in [0.3, 0.4) is 0 Å². The molecule has 2 heterocycles. The summed E-state index contributed by atoms with van der Waals surface area (Å²) in [4.78, 5) is 12.5. The van der Waals surface area contributed by atoms with Gasteiger partial charge in [-0.3, -0.25) is 4.98 Å². The Hall–Kier alpha value is -2.75. The van der Waals surface area contributed by atoms with Gasteiger partial charge in [-0.2, -0.15) is 0 Å². The molecule has 2 aromatic heterocycles. The van der Waals surface area contributed by atoms with Crippen LogP contribution in [0.2, 0.25) is 0 Å². The smallest absolute Gasteiger partial charge is 0.150 e. The second-order valence-electron chi connectivity index (χ2n) is 4.01. The van der Waals surface area contributed by atoms with E-state index in [-0.39, 0.29) is 0 Å². The summed E-state index contributed by atoms with van der Waals surface area (Å²) in [6.07, 6.45) is 6.72. The molecular weight excluding hydrogens is 236 g/mol. The first-order valence-electron chi connectivity index (χ1n) is 5.96. The van der Waals surface area contributed by atoms with Gasteiger partial charge >= 0.3 is 0 Å². The van der Waals surface area contributed by atoms with Crippen LogP contribution in [0.4, 0.5) is 11.6 Å². The summed E-state index contributed by atoms with van der Waals surface area (Å²) >= 11 is 0. The molecular formula is C15H12N4. The second kappa shape index (κ2) is 5.27. The van der Waals surface area contributed by atoms with Crippen molar-refractivity contribution in [2.45, 2.75) is 0 Å². The maximum absolute atomic E-state index is 4.28. The molecule has 0 saturated carbocycles. The minimum Gasteiger partial charge on any atom is -0.324 e. The van der Waals surface area contributed by atoms with Crippen molar-refractivity contribution in [2.75, 3.05) is 5.32 Å². The zero-order valence-electron chi connectivity index (χ0n) is 10.2. The Bertz CT molecular complexity index is 653. The molecule has 0 spiro atoms. The quantitative estimate of drug-likeness (QED) is 0.772. The van der Waals surface area contributed by atoms with Crippen LogP contribution in [0.25, 0.3) is 11.1 Å². The van der Waals surface area contributed by atoms with Crippen LogP contribution in [-0.2, 0) is 0 Å². The van der Waals surface area contributed by atoms with Crippen molar-refractivity contribution in [1.82, 2.24) is 15.0 Å². The van der Waals surface area contributed by atoms with Crippen LogP contribution in [0.5, 0.6) is 0 Å². The maximum atomic E-state index is 4.28. The van der Waals surface area contributed by atoms with E-state index in [2.05, 4.69) is 32.4 Å². The number of hydrogen-bond donors (Lipinski definition) is 1. The molecule has 3 aromatic rings. The van der Waals surface area contributed by atoms with Crippen molar-refractivity contribution in [3.8, 4) is 11.1 Å². The Balaban J connectivity index is 1.89. The molecule has 0 bridgehead atoms. The first-order chi connectivity index (χ1) is 9.42. The summed E-state index contributed by atoms with van der Waals surface area (Å²) in [5.74, 6) is 1.43. The minimum absolute atomic E-state index is 0.681. The molecule has 1 aromatic carbocycles. The van der Waals surface area contributed by atoms with Crippen molar-refractivity contribution < 1.29 is 0 Å². The van der Waals surface area contributed by atoms with E-state index in [4.69, 9.17) is 0 Å². The fraction of sp³-hybridized carbons (Fsp3) is 0. The van der Waals surface area contributed by atoms with Gasteiger partial charge in [-0.25, -0.2) is 9.97 Å². The average molecular weight is 248 g/mol. The van der Waals surface area contributed by atoms with E-state index in [1.54, 1.807) is 24.8 Å². The zero-order valence-corrected chi connectivity index (χ0v) is 10.2. The summed E-state index contributed by atoms with van der Waals surface area (Å²) in [6, 6.07) is 14.2. The average Bonchev–Trinajstić information content (AvgIpc) is 2.49. The molecule has 0 radical (unpaired) electrons. The van der Waals surface area contributed by atoms with Crippen LogP contribution < -0.4 is 5.32 Å². The molecule has 4 heteroatoms. The van der Waals surface area contributed by atoms with Gasteiger partial charge in [-0.1, -0.05) is 30.3 Å². The molecule has 0 fully saturated rings. The number of nitrogens with zero attached hydrogens (tertiary/aromatic N) is 3. The Labute approximate surface area is 111 Å². The van der Waals surface area contributed by atoms with Gasteiger partial charge in [-0.05, 0) is 23.3 Å². The summed E-state index contributed by atoms with van der Waals surface area (Å²) < 4.78 is 0. The summed E-state index contributed by atoms with van der Waals surface area (Å²) in [7, 11) is 0. The number of rotatable bonds is 3. The lowest BCUT2D eigenvalue weighted by Gasteiger charge is -2.06. The van der Waals surface area contributed by atoms with Crippen LogP contribution in [0.1, 0.15) is 0 Å². The van der Waals surface area contributed by atoms with Gasteiger partial charge in [0, 0.05) is 18.6 Å². The Morgan fingerprint density at radius 3 is 2.37 bits per heavy atom. The number of anilines is 2. The Kier molecular flexibility index (Phi) is 3.14. The van der Waals surface area contributed by atoms with Crippen LogP contribution in [-0.4, -0.2) is 15.0 Å². The fourth-order valence-corrected chi connectivity index (χ4v) is 1.80. The molecule has 0 aliphatic carbocycles. The summed E-state index contributed by atoms with van der Waals surface area (Å²) in [5, 5.41) is 3.13. The lowest BCUT2D eigenvalue weighted by atomic mass is 10.1. The monoisotopic (exact) mass is 248 g/mol. The zero-order chi connectivity index (χ0) is 12.9. The van der Waals surface area contributed by atoms with Crippen LogP contribution in [0, 0.1) is 0 Å². The van der Waals surface area contributed by atoms with E-state index in [9.17, 15) is 0 Å². The third-order valence-corrected chi connectivity index (χ3v) is 2.69. The van der Waals surface area contributed by atoms with Gasteiger partial charge in [0.05, 0.1) is 6.20 Å².